The molecule has 0 heterocycles. The van der Waals surface area contributed by atoms with E-state index in [1.807, 2.05) is 0 Å². The lowest BCUT2D eigenvalue weighted by Crippen LogP contribution is -2.34. The maximum absolute atomic E-state index is 5.90. The highest BCUT2D eigenvalue weighted by atomic mass is 15.1. The van der Waals surface area contributed by atoms with Crippen LogP contribution in [0.3, 0.4) is 0 Å². The highest BCUT2D eigenvalue weighted by Gasteiger charge is 2.25. The maximum Gasteiger partial charge on any atom is 0.0108 e. The molecule has 3 unspecified atom stereocenters. The molecule has 0 amide bonds. The fraction of sp³-hybridized carbons (Fsp3) is 1.00. The van der Waals surface area contributed by atoms with Gasteiger partial charge in [-0.1, -0.05) is 20.3 Å². The summed E-state index contributed by atoms with van der Waals surface area (Å²) in [5.74, 6) is 0.821. The first-order valence-corrected chi connectivity index (χ1v) is 5.59. The second-order valence-corrected chi connectivity index (χ2v) is 4.68. The first kappa shape index (κ1) is 11.0. The third kappa shape index (κ3) is 3.28. The average Bonchev–Trinajstić information content (AvgIpc) is 2.51. The zero-order valence-electron chi connectivity index (χ0n) is 9.29. The Morgan fingerprint density at radius 2 is 2.15 bits per heavy atom. The molecule has 78 valence electrons. The molecule has 2 N–H and O–H groups in total. The van der Waals surface area contributed by atoms with E-state index >= 15 is 0 Å². The highest BCUT2D eigenvalue weighted by molar-refractivity contribution is 4.83. The second-order valence-electron chi connectivity index (χ2n) is 4.68. The molecule has 0 bridgehead atoms. The quantitative estimate of drug-likeness (QED) is 0.722. The van der Waals surface area contributed by atoms with E-state index in [-0.39, 0.29) is 0 Å². The summed E-state index contributed by atoms with van der Waals surface area (Å²) in [5, 5.41) is 0. The molecule has 1 fully saturated rings. The van der Waals surface area contributed by atoms with Gasteiger partial charge in [-0.05, 0) is 32.2 Å². The molecule has 0 saturated heterocycles. The van der Waals surface area contributed by atoms with Crippen molar-refractivity contribution in [1.29, 1.82) is 0 Å². The molecular formula is C11H24N2. The molecule has 0 aliphatic heterocycles. The van der Waals surface area contributed by atoms with E-state index in [0.717, 1.165) is 12.0 Å². The molecular weight excluding hydrogens is 160 g/mol. The van der Waals surface area contributed by atoms with Crippen LogP contribution in [0.15, 0.2) is 0 Å². The Morgan fingerprint density at radius 3 is 2.62 bits per heavy atom. The standard InChI is InChI=1S/C11H24N2/c1-4-9(2)8-13(3)11-6-5-10(12)7-11/h9-11H,4-8,12H2,1-3H3. The molecule has 0 spiro atoms. The van der Waals surface area contributed by atoms with Crippen LogP contribution in [0.2, 0.25) is 0 Å². The van der Waals surface area contributed by atoms with Gasteiger partial charge in [-0.15, -0.1) is 0 Å². The third-order valence-corrected chi connectivity index (χ3v) is 3.37. The molecule has 1 aliphatic rings. The Bertz CT molecular complexity index is 147. The summed E-state index contributed by atoms with van der Waals surface area (Å²) in [6.07, 6.45) is 5.00. The molecule has 2 nitrogen and oxygen atoms in total. The minimum Gasteiger partial charge on any atom is -0.328 e. The highest BCUT2D eigenvalue weighted by Crippen LogP contribution is 2.22. The topological polar surface area (TPSA) is 29.3 Å². The molecule has 0 aromatic rings. The molecule has 0 radical (unpaired) electrons. The Kier molecular flexibility index (Phi) is 4.20. The summed E-state index contributed by atoms with van der Waals surface area (Å²) < 4.78 is 0. The van der Waals surface area contributed by atoms with Gasteiger partial charge in [0.05, 0.1) is 0 Å². The molecule has 13 heavy (non-hydrogen) atoms. The number of nitrogens with two attached hydrogens (primary N) is 1. The predicted octanol–water partition coefficient (Wildman–Crippen LogP) is 1.84. The largest absolute Gasteiger partial charge is 0.328 e. The van der Waals surface area contributed by atoms with Gasteiger partial charge in [0.1, 0.15) is 0 Å². The lowest BCUT2D eigenvalue weighted by molar-refractivity contribution is 0.211. The van der Waals surface area contributed by atoms with Gasteiger partial charge in [0.25, 0.3) is 0 Å². The van der Waals surface area contributed by atoms with Crippen LogP contribution in [0.25, 0.3) is 0 Å². The van der Waals surface area contributed by atoms with Crippen LogP contribution in [0.4, 0.5) is 0 Å². The summed E-state index contributed by atoms with van der Waals surface area (Å²) in [6.45, 7) is 5.82. The minimum atomic E-state index is 0.462. The van der Waals surface area contributed by atoms with Gasteiger partial charge in [-0.2, -0.15) is 0 Å². The van der Waals surface area contributed by atoms with Crippen LogP contribution in [-0.4, -0.2) is 30.6 Å². The number of rotatable bonds is 4. The van der Waals surface area contributed by atoms with Gasteiger partial charge in [0.2, 0.25) is 0 Å². The van der Waals surface area contributed by atoms with E-state index in [1.165, 1.54) is 32.2 Å². The van der Waals surface area contributed by atoms with Gasteiger partial charge in [0, 0.05) is 18.6 Å². The second kappa shape index (κ2) is 4.97. The van der Waals surface area contributed by atoms with Gasteiger partial charge >= 0.3 is 0 Å². The summed E-state index contributed by atoms with van der Waals surface area (Å²) in [6, 6.07) is 1.22. The predicted molar refractivity (Wildman–Crippen MR) is 57.7 cm³/mol. The van der Waals surface area contributed by atoms with Crippen molar-refractivity contribution in [3.63, 3.8) is 0 Å². The van der Waals surface area contributed by atoms with E-state index in [1.54, 1.807) is 0 Å². The number of hydrogen-bond donors (Lipinski definition) is 1. The monoisotopic (exact) mass is 184 g/mol. The van der Waals surface area contributed by atoms with E-state index in [2.05, 4.69) is 25.8 Å². The van der Waals surface area contributed by atoms with Crippen molar-refractivity contribution >= 4 is 0 Å². The van der Waals surface area contributed by atoms with Crippen molar-refractivity contribution in [2.24, 2.45) is 11.7 Å². The van der Waals surface area contributed by atoms with Gasteiger partial charge in [-0.25, -0.2) is 0 Å². The zero-order valence-corrected chi connectivity index (χ0v) is 9.29. The Morgan fingerprint density at radius 1 is 1.46 bits per heavy atom. The fourth-order valence-electron chi connectivity index (χ4n) is 2.16. The van der Waals surface area contributed by atoms with E-state index in [9.17, 15) is 0 Å². The van der Waals surface area contributed by atoms with Crippen molar-refractivity contribution < 1.29 is 0 Å². The van der Waals surface area contributed by atoms with Crippen LogP contribution in [0, 0.1) is 5.92 Å². The average molecular weight is 184 g/mol. The van der Waals surface area contributed by atoms with Crippen molar-refractivity contribution in [2.75, 3.05) is 13.6 Å². The van der Waals surface area contributed by atoms with E-state index in [0.29, 0.717) is 6.04 Å². The van der Waals surface area contributed by atoms with E-state index < -0.39 is 0 Å². The Balaban J connectivity index is 2.27. The zero-order chi connectivity index (χ0) is 9.84. The number of hydrogen-bond acceptors (Lipinski definition) is 2. The van der Waals surface area contributed by atoms with E-state index in [4.69, 9.17) is 5.73 Å². The van der Waals surface area contributed by atoms with Crippen molar-refractivity contribution in [3.05, 3.63) is 0 Å². The first-order valence-electron chi connectivity index (χ1n) is 5.59. The SMILES string of the molecule is CCC(C)CN(C)C1CCC(N)C1. The lowest BCUT2D eigenvalue weighted by atomic mass is 10.1. The molecule has 1 saturated carbocycles. The summed E-state index contributed by atoms with van der Waals surface area (Å²) in [4.78, 5) is 2.50. The van der Waals surface area contributed by atoms with Crippen molar-refractivity contribution in [2.45, 2.75) is 51.6 Å². The van der Waals surface area contributed by atoms with Gasteiger partial charge < -0.3 is 10.6 Å². The Hall–Kier alpha value is -0.0800. The first-order chi connectivity index (χ1) is 6.13. The minimum absolute atomic E-state index is 0.462. The normalized spacial score (nSPS) is 31.2. The van der Waals surface area contributed by atoms with Crippen LogP contribution in [0.1, 0.15) is 39.5 Å². The third-order valence-electron chi connectivity index (χ3n) is 3.37. The lowest BCUT2D eigenvalue weighted by Gasteiger charge is -2.26. The summed E-state index contributed by atoms with van der Waals surface area (Å²) in [5.41, 5.74) is 5.90. The Labute approximate surface area is 82.5 Å². The summed E-state index contributed by atoms with van der Waals surface area (Å²) >= 11 is 0. The molecule has 1 aliphatic carbocycles. The van der Waals surface area contributed by atoms with Crippen molar-refractivity contribution in [1.82, 2.24) is 4.90 Å². The smallest absolute Gasteiger partial charge is 0.0108 e. The molecule has 0 aromatic carbocycles. The maximum atomic E-state index is 5.90. The molecule has 2 heteroatoms. The molecule has 1 rings (SSSR count). The van der Waals surface area contributed by atoms with Crippen LogP contribution >= 0.6 is 0 Å². The summed E-state index contributed by atoms with van der Waals surface area (Å²) in [7, 11) is 2.24. The molecule has 0 aromatic heterocycles. The van der Waals surface area contributed by atoms with Gasteiger partial charge in [0.15, 0.2) is 0 Å². The van der Waals surface area contributed by atoms with Crippen LogP contribution < -0.4 is 5.73 Å². The van der Waals surface area contributed by atoms with Gasteiger partial charge in [-0.3, -0.25) is 0 Å². The number of nitrogens with zero attached hydrogens (tertiary/aromatic N) is 1. The van der Waals surface area contributed by atoms with Crippen molar-refractivity contribution in [3.8, 4) is 0 Å². The van der Waals surface area contributed by atoms with Crippen LogP contribution in [-0.2, 0) is 0 Å². The van der Waals surface area contributed by atoms with Crippen LogP contribution in [0.5, 0.6) is 0 Å². The fourth-order valence-corrected chi connectivity index (χ4v) is 2.16. The molecule has 3 atom stereocenters.